The second-order valence-electron chi connectivity index (χ2n) is 9.66. The Kier molecular flexibility index (Phi) is 11.0. The normalized spacial score (nSPS) is 12.2. The molecular formula is C27H28Cl3F3N4O4S. The minimum Gasteiger partial charge on any atom is -0.437 e. The first kappa shape index (κ1) is 33.7. The Balaban J connectivity index is 1.87. The zero-order valence-electron chi connectivity index (χ0n) is 22.9. The van der Waals surface area contributed by atoms with Gasteiger partial charge in [-0.05, 0) is 76.2 Å². The van der Waals surface area contributed by atoms with Crippen molar-refractivity contribution in [2.24, 2.45) is 0 Å². The van der Waals surface area contributed by atoms with Crippen LogP contribution < -0.4 is 14.4 Å². The number of nitrogens with zero attached hydrogens (tertiary/aromatic N) is 3. The van der Waals surface area contributed by atoms with Crippen LogP contribution in [0.4, 0.5) is 24.5 Å². The van der Waals surface area contributed by atoms with Crippen molar-refractivity contribution < 1.29 is 31.1 Å². The number of halogens is 6. The predicted octanol–water partition coefficient (Wildman–Crippen LogP) is 7.65. The number of nitrogens with one attached hydrogen (secondary N) is 1. The van der Waals surface area contributed by atoms with Crippen LogP contribution in [0.1, 0.15) is 27.7 Å². The van der Waals surface area contributed by atoms with Crippen molar-refractivity contribution in [3.8, 4) is 11.6 Å². The highest BCUT2D eigenvalue weighted by Crippen LogP contribution is 2.34. The van der Waals surface area contributed by atoms with Gasteiger partial charge in [-0.1, -0.05) is 34.8 Å². The molecule has 228 valence electrons. The molecule has 0 aliphatic heterocycles. The van der Waals surface area contributed by atoms with Crippen LogP contribution in [0.25, 0.3) is 0 Å². The molecule has 1 amide bonds. The van der Waals surface area contributed by atoms with Crippen LogP contribution in [0.2, 0.25) is 15.1 Å². The van der Waals surface area contributed by atoms with Gasteiger partial charge in [-0.25, -0.2) is 13.4 Å². The molecule has 0 unspecified atom stereocenters. The molecule has 8 nitrogen and oxygen atoms in total. The van der Waals surface area contributed by atoms with Crippen molar-refractivity contribution in [3.05, 3.63) is 69.8 Å². The van der Waals surface area contributed by atoms with Crippen molar-refractivity contribution in [3.63, 3.8) is 0 Å². The molecule has 0 saturated heterocycles. The van der Waals surface area contributed by atoms with E-state index in [1.54, 1.807) is 0 Å². The lowest BCUT2D eigenvalue weighted by molar-refractivity contribution is -0.170. The van der Waals surface area contributed by atoms with Gasteiger partial charge in [0.1, 0.15) is 11.4 Å². The van der Waals surface area contributed by atoms with Gasteiger partial charge in [0, 0.05) is 37.1 Å². The highest BCUT2D eigenvalue weighted by atomic mass is 35.5. The zero-order valence-corrected chi connectivity index (χ0v) is 26.0. The maximum Gasteiger partial charge on any atom is 0.471 e. The molecule has 0 bridgehead atoms. The molecule has 2 aromatic carbocycles. The lowest BCUT2D eigenvalue weighted by Gasteiger charge is -2.33. The molecular weight excluding hydrogens is 640 g/mol. The average molecular weight is 668 g/mol. The number of anilines is 2. The van der Waals surface area contributed by atoms with Gasteiger partial charge in [0.15, 0.2) is 0 Å². The largest absolute Gasteiger partial charge is 0.471 e. The monoisotopic (exact) mass is 666 g/mol. The first-order chi connectivity index (χ1) is 19.5. The summed E-state index contributed by atoms with van der Waals surface area (Å²) in [6.45, 7) is 7.70. The fourth-order valence-corrected chi connectivity index (χ4v) is 5.66. The van der Waals surface area contributed by atoms with Crippen LogP contribution in [0, 0.1) is 0 Å². The van der Waals surface area contributed by atoms with E-state index < -0.39 is 22.1 Å². The van der Waals surface area contributed by atoms with Gasteiger partial charge >= 0.3 is 12.1 Å². The van der Waals surface area contributed by atoms with Gasteiger partial charge in [0.25, 0.3) is 10.0 Å². The number of ether oxygens (including phenoxy) is 1. The number of benzene rings is 2. The number of carbonyl (C=O) groups is 1. The van der Waals surface area contributed by atoms with Gasteiger partial charge in [-0.3, -0.25) is 14.4 Å². The first-order valence-corrected chi connectivity index (χ1v) is 15.2. The highest BCUT2D eigenvalue weighted by molar-refractivity contribution is 7.92. The fourth-order valence-electron chi connectivity index (χ4n) is 4.06. The van der Waals surface area contributed by atoms with E-state index in [4.69, 9.17) is 39.5 Å². The van der Waals surface area contributed by atoms with E-state index in [2.05, 4.69) is 9.71 Å². The molecule has 3 rings (SSSR count). The minimum atomic E-state index is -5.08. The SMILES string of the molecule is CC(C)N(CCN(C(=O)C(F)(F)F)c1ccc(Oc2ncc(Cl)cc2NS(=O)(=O)c2ccc(Cl)c(Cl)c2)cc1)C(C)C. The summed E-state index contributed by atoms with van der Waals surface area (Å²) in [7, 11) is -4.18. The number of carbonyl (C=O) groups excluding carboxylic acids is 1. The van der Waals surface area contributed by atoms with E-state index in [0.717, 1.165) is 0 Å². The van der Waals surface area contributed by atoms with Gasteiger partial charge in [0.05, 0.1) is 20.0 Å². The molecule has 1 aromatic heterocycles. The number of sulfonamides is 1. The highest BCUT2D eigenvalue weighted by Gasteiger charge is 2.43. The van der Waals surface area contributed by atoms with Crippen molar-refractivity contribution in [2.75, 3.05) is 22.7 Å². The standard InChI is InChI=1S/C27H28Cl3F3N4O4S/c1-16(2)36(17(3)4)11-12-37(26(38)27(31,32)33)19-5-7-20(8-6-19)41-25-24(13-18(28)15-34-25)35-42(39,40)21-9-10-22(29)23(30)14-21/h5-10,13-17,35H,11-12H2,1-4H3. The fraction of sp³-hybridized carbons (Fsp3) is 0.333. The summed E-state index contributed by atoms with van der Waals surface area (Å²) in [6.07, 6.45) is -3.86. The molecule has 0 radical (unpaired) electrons. The van der Waals surface area contributed by atoms with Crippen LogP contribution in [0.3, 0.4) is 0 Å². The Bertz CT molecular complexity index is 1510. The zero-order chi connectivity index (χ0) is 31.4. The number of rotatable bonds is 11. The molecule has 3 aromatic rings. The summed E-state index contributed by atoms with van der Waals surface area (Å²) in [6, 6.07) is 10.4. The second kappa shape index (κ2) is 13.7. The molecule has 1 heterocycles. The molecule has 1 N–H and O–H groups in total. The lowest BCUT2D eigenvalue weighted by atomic mass is 10.2. The molecule has 42 heavy (non-hydrogen) atoms. The van der Waals surface area contributed by atoms with E-state index in [0.29, 0.717) is 4.90 Å². The third kappa shape index (κ3) is 8.63. The summed E-state index contributed by atoms with van der Waals surface area (Å²) < 4.78 is 74.4. The number of pyridine rings is 1. The number of aromatic nitrogens is 1. The van der Waals surface area contributed by atoms with Crippen LogP contribution in [-0.4, -0.2) is 55.6 Å². The van der Waals surface area contributed by atoms with Gasteiger partial charge in [-0.2, -0.15) is 13.2 Å². The van der Waals surface area contributed by atoms with Crippen molar-refractivity contribution >= 4 is 62.1 Å². The van der Waals surface area contributed by atoms with Crippen LogP contribution in [-0.2, 0) is 14.8 Å². The van der Waals surface area contributed by atoms with Gasteiger partial charge in [0.2, 0.25) is 5.88 Å². The maximum atomic E-state index is 13.5. The molecule has 0 fully saturated rings. The van der Waals surface area contributed by atoms with E-state index in [1.807, 2.05) is 32.6 Å². The molecule has 15 heteroatoms. The molecule has 0 spiro atoms. The van der Waals surface area contributed by atoms with E-state index in [-0.39, 0.29) is 68.1 Å². The second-order valence-corrected chi connectivity index (χ2v) is 12.6. The summed E-state index contributed by atoms with van der Waals surface area (Å²) in [5, 5.41) is 0.294. The van der Waals surface area contributed by atoms with E-state index >= 15 is 0 Å². The lowest BCUT2D eigenvalue weighted by Crippen LogP contribution is -2.47. The quantitative estimate of drug-likeness (QED) is 0.226. The van der Waals surface area contributed by atoms with Crippen LogP contribution in [0.5, 0.6) is 11.6 Å². The van der Waals surface area contributed by atoms with E-state index in [1.165, 1.54) is 54.7 Å². The summed E-state index contributed by atoms with van der Waals surface area (Å²) in [5.74, 6) is -2.08. The number of hydrogen-bond donors (Lipinski definition) is 1. The summed E-state index contributed by atoms with van der Waals surface area (Å²) in [5.41, 5.74) is -0.115. The van der Waals surface area contributed by atoms with Crippen molar-refractivity contribution in [2.45, 2.75) is 50.9 Å². The van der Waals surface area contributed by atoms with Gasteiger partial charge < -0.3 is 9.64 Å². The minimum absolute atomic E-state index is 0.00162. The number of hydrogen-bond acceptors (Lipinski definition) is 6. The topological polar surface area (TPSA) is 91.8 Å². The maximum absolute atomic E-state index is 13.5. The Labute approximate surface area is 257 Å². The predicted molar refractivity (Wildman–Crippen MR) is 158 cm³/mol. The summed E-state index contributed by atoms with van der Waals surface area (Å²) >= 11 is 17.9. The molecule has 0 atom stereocenters. The third-order valence-corrected chi connectivity index (χ3v) is 8.33. The Morgan fingerprint density at radius 3 is 2.12 bits per heavy atom. The van der Waals surface area contributed by atoms with Crippen molar-refractivity contribution in [1.29, 1.82) is 0 Å². The average Bonchev–Trinajstić information content (AvgIpc) is 2.89. The number of alkyl halides is 3. The summed E-state index contributed by atoms with van der Waals surface area (Å²) in [4.78, 5) is 18.8. The van der Waals surface area contributed by atoms with E-state index in [9.17, 15) is 26.4 Å². The Morgan fingerprint density at radius 2 is 1.57 bits per heavy atom. The molecule has 0 aliphatic rings. The third-order valence-electron chi connectivity index (χ3n) is 6.02. The smallest absolute Gasteiger partial charge is 0.437 e. The van der Waals surface area contributed by atoms with Crippen LogP contribution >= 0.6 is 34.8 Å². The Hall–Kier alpha value is -2.77. The van der Waals surface area contributed by atoms with Crippen LogP contribution in [0.15, 0.2) is 59.6 Å². The Morgan fingerprint density at radius 1 is 0.952 bits per heavy atom. The molecule has 0 aliphatic carbocycles. The molecule has 0 saturated carbocycles. The van der Waals surface area contributed by atoms with Gasteiger partial charge in [-0.15, -0.1) is 0 Å². The first-order valence-electron chi connectivity index (χ1n) is 12.6. The number of amides is 1. The van der Waals surface area contributed by atoms with Crippen molar-refractivity contribution in [1.82, 2.24) is 9.88 Å².